The predicted molar refractivity (Wildman–Crippen MR) is 71.6 cm³/mol. The van der Waals surface area contributed by atoms with Crippen molar-refractivity contribution in [3.05, 3.63) is 29.3 Å². The summed E-state index contributed by atoms with van der Waals surface area (Å²) in [6, 6.07) is 6.84. The molecule has 0 amide bonds. The molecule has 17 heavy (non-hydrogen) atoms. The molecular formula is C15H23NO. The van der Waals surface area contributed by atoms with Gasteiger partial charge in [-0.2, -0.15) is 0 Å². The number of rotatable bonds is 2. The molecule has 1 aliphatic rings. The van der Waals surface area contributed by atoms with Crippen molar-refractivity contribution in [3.63, 3.8) is 0 Å². The third kappa shape index (κ3) is 2.19. The van der Waals surface area contributed by atoms with Crippen LogP contribution in [0.5, 0.6) is 5.75 Å². The molecule has 0 fully saturated rings. The van der Waals surface area contributed by atoms with Crippen LogP contribution in [0.4, 0.5) is 0 Å². The Morgan fingerprint density at radius 2 is 2.00 bits per heavy atom. The predicted octanol–water partition coefficient (Wildman–Crippen LogP) is 3.42. The van der Waals surface area contributed by atoms with Crippen molar-refractivity contribution in [2.24, 2.45) is 0 Å². The highest BCUT2D eigenvalue weighted by Crippen LogP contribution is 2.43. The summed E-state index contributed by atoms with van der Waals surface area (Å²) in [5.41, 5.74) is 2.75. The van der Waals surface area contributed by atoms with E-state index in [9.17, 15) is 0 Å². The van der Waals surface area contributed by atoms with Gasteiger partial charge in [0.25, 0.3) is 0 Å². The highest BCUT2D eigenvalue weighted by molar-refractivity contribution is 5.49. The fourth-order valence-corrected chi connectivity index (χ4v) is 2.52. The number of benzene rings is 1. The molecule has 1 aliphatic heterocycles. The van der Waals surface area contributed by atoms with Crippen molar-refractivity contribution < 1.29 is 4.74 Å². The summed E-state index contributed by atoms with van der Waals surface area (Å²) >= 11 is 0. The lowest BCUT2D eigenvalue weighted by molar-refractivity contribution is 0.207. The number of hydrogen-bond donors (Lipinski definition) is 1. The van der Waals surface area contributed by atoms with Gasteiger partial charge in [-0.1, -0.05) is 45.9 Å². The fourth-order valence-electron chi connectivity index (χ4n) is 2.52. The topological polar surface area (TPSA) is 21.3 Å². The molecule has 2 atom stereocenters. The molecule has 0 radical (unpaired) electrons. The lowest BCUT2D eigenvalue weighted by atomic mass is 9.85. The molecule has 2 rings (SSSR count). The van der Waals surface area contributed by atoms with Gasteiger partial charge in [0.1, 0.15) is 11.9 Å². The first-order valence-electron chi connectivity index (χ1n) is 6.48. The van der Waals surface area contributed by atoms with Gasteiger partial charge in [-0.25, -0.2) is 0 Å². The summed E-state index contributed by atoms with van der Waals surface area (Å²) in [7, 11) is 0. The monoisotopic (exact) mass is 233 g/mol. The van der Waals surface area contributed by atoms with E-state index < -0.39 is 0 Å². The van der Waals surface area contributed by atoms with Crippen LogP contribution in [0.25, 0.3) is 0 Å². The summed E-state index contributed by atoms with van der Waals surface area (Å²) in [6.07, 6.45) is 0.216. The first kappa shape index (κ1) is 12.4. The Kier molecular flexibility index (Phi) is 3.17. The van der Waals surface area contributed by atoms with Gasteiger partial charge in [0.15, 0.2) is 0 Å². The van der Waals surface area contributed by atoms with Gasteiger partial charge in [0, 0.05) is 5.56 Å². The molecule has 94 valence electrons. The molecule has 0 aromatic heterocycles. The van der Waals surface area contributed by atoms with Crippen LogP contribution < -0.4 is 10.1 Å². The SMILES string of the molecule is CCNC1c2cccc(C(C)(C)C)c2OC1C. The van der Waals surface area contributed by atoms with Gasteiger partial charge in [-0.05, 0) is 24.4 Å². The molecule has 2 nitrogen and oxygen atoms in total. The minimum Gasteiger partial charge on any atom is -0.488 e. The summed E-state index contributed by atoms with van der Waals surface area (Å²) in [5.74, 6) is 1.10. The average Bonchev–Trinajstić information content (AvgIpc) is 2.54. The maximum Gasteiger partial charge on any atom is 0.128 e. The molecule has 1 heterocycles. The molecule has 0 aliphatic carbocycles. The van der Waals surface area contributed by atoms with E-state index in [0.717, 1.165) is 12.3 Å². The van der Waals surface area contributed by atoms with Crippen molar-refractivity contribution in [2.45, 2.75) is 52.2 Å². The van der Waals surface area contributed by atoms with E-state index in [4.69, 9.17) is 4.74 Å². The van der Waals surface area contributed by atoms with E-state index in [-0.39, 0.29) is 11.5 Å². The van der Waals surface area contributed by atoms with Crippen molar-refractivity contribution in [1.82, 2.24) is 5.32 Å². The zero-order chi connectivity index (χ0) is 12.6. The molecular weight excluding hydrogens is 210 g/mol. The number of likely N-dealkylation sites (N-methyl/N-ethyl adjacent to an activating group) is 1. The van der Waals surface area contributed by atoms with Crippen LogP contribution in [0.15, 0.2) is 18.2 Å². The molecule has 1 aromatic carbocycles. The Balaban J connectivity index is 2.45. The van der Waals surface area contributed by atoms with Crippen LogP contribution >= 0.6 is 0 Å². The van der Waals surface area contributed by atoms with Gasteiger partial charge in [0.05, 0.1) is 6.04 Å². The Morgan fingerprint density at radius 1 is 1.29 bits per heavy atom. The van der Waals surface area contributed by atoms with Crippen LogP contribution in [0.3, 0.4) is 0 Å². The first-order chi connectivity index (χ1) is 7.95. The highest BCUT2D eigenvalue weighted by atomic mass is 16.5. The maximum absolute atomic E-state index is 6.07. The second-order valence-electron chi connectivity index (χ2n) is 5.83. The Morgan fingerprint density at radius 3 is 2.59 bits per heavy atom. The molecule has 0 spiro atoms. The molecule has 0 bridgehead atoms. The number of fused-ring (bicyclic) bond motifs is 1. The molecule has 1 N–H and O–H groups in total. The van der Waals surface area contributed by atoms with E-state index >= 15 is 0 Å². The van der Waals surface area contributed by atoms with E-state index in [1.54, 1.807) is 0 Å². The Bertz CT molecular complexity index is 406. The summed E-state index contributed by atoms with van der Waals surface area (Å²) in [6.45, 7) is 11.9. The number of para-hydroxylation sites is 1. The van der Waals surface area contributed by atoms with Crippen LogP contribution in [-0.4, -0.2) is 12.6 Å². The van der Waals surface area contributed by atoms with Crippen molar-refractivity contribution in [3.8, 4) is 5.75 Å². The van der Waals surface area contributed by atoms with Crippen LogP contribution in [0, 0.1) is 0 Å². The van der Waals surface area contributed by atoms with E-state index in [1.165, 1.54) is 11.1 Å². The zero-order valence-corrected chi connectivity index (χ0v) is 11.5. The number of ether oxygens (including phenoxy) is 1. The first-order valence-corrected chi connectivity index (χ1v) is 6.48. The van der Waals surface area contributed by atoms with Gasteiger partial charge in [-0.15, -0.1) is 0 Å². The third-order valence-electron chi connectivity index (χ3n) is 3.39. The standard InChI is InChI=1S/C15H23NO/c1-6-16-13-10(2)17-14-11(13)8-7-9-12(14)15(3,4)5/h7-10,13,16H,6H2,1-5H3. The summed E-state index contributed by atoms with van der Waals surface area (Å²) < 4.78 is 6.07. The van der Waals surface area contributed by atoms with Gasteiger partial charge >= 0.3 is 0 Å². The second-order valence-corrected chi connectivity index (χ2v) is 5.83. The van der Waals surface area contributed by atoms with Crippen LogP contribution in [0.2, 0.25) is 0 Å². The summed E-state index contributed by atoms with van der Waals surface area (Å²) in [4.78, 5) is 0. The molecule has 2 unspecified atom stereocenters. The van der Waals surface area contributed by atoms with Gasteiger partial charge < -0.3 is 10.1 Å². The van der Waals surface area contributed by atoms with Crippen molar-refractivity contribution in [1.29, 1.82) is 0 Å². The normalized spacial score (nSPS) is 23.4. The van der Waals surface area contributed by atoms with Crippen LogP contribution in [0.1, 0.15) is 51.8 Å². The van der Waals surface area contributed by atoms with Crippen molar-refractivity contribution >= 4 is 0 Å². The smallest absolute Gasteiger partial charge is 0.128 e. The molecule has 2 heteroatoms. The summed E-state index contributed by atoms with van der Waals surface area (Å²) in [5, 5.41) is 3.50. The lowest BCUT2D eigenvalue weighted by Gasteiger charge is -2.21. The average molecular weight is 233 g/mol. The van der Waals surface area contributed by atoms with Crippen LogP contribution in [-0.2, 0) is 5.41 Å². The van der Waals surface area contributed by atoms with E-state index in [2.05, 4.69) is 58.1 Å². The largest absolute Gasteiger partial charge is 0.488 e. The minimum atomic E-state index is 0.131. The quantitative estimate of drug-likeness (QED) is 0.845. The van der Waals surface area contributed by atoms with Gasteiger partial charge in [-0.3, -0.25) is 0 Å². The molecule has 0 saturated heterocycles. The third-order valence-corrected chi connectivity index (χ3v) is 3.39. The lowest BCUT2D eigenvalue weighted by Crippen LogP contribution is -2.28. The second kappa shape index (κ2) is 4.34. The highest BCUT2D eigenvalue weighted by Gasteiger charge is 2.34. The number of hydrogen-bond acceptors (Lipinski definition) is 2. The van der Waals surface area contributed by atoms with E-state index in [0.29, 0.717) is 6.04 Å². The Hall–Kier alpha value is -1.02. The van der Waals surface area contributed by atoms with E-state index in [1.807, 2.05) is 0 Å². The van der Waals surface area contributed by atoms with Gasteiger partial charge in [0.2, 0.25) is 0 Å². The number of nitrogens with one attached hydrogen (secondary N) is 1. The van der Waals surface area contributed by atoms with Crippen molar-refractivity contribution in [2.75, 3.05) is 6.54 Å². The fraction of sp³-hybridized carbons (Fsp3) is 0.600. The maximum atomic E-state index is 6.07. The minimum absolute atomic E-state index is 0.131. The molecule has 1 aromatic rings. The Labute approximate surface area is 104 Å². The zero-order valence-electron chi connectivity index (χ0n) is 11.5. The molecule has 0 saturated carbocycles.